The van der Waals surface area contributed by atoms with Gasteiger partial charge in [-0.1, -0.05) is 30.3 Å². The third kappa shape index (κ3) is 5.15. The molecule has 1 rings (SSSR count). The predicted octanol–water partition coefficient (Wildman–Crippen LogP) is 2.52. The predicted molar refractivity (Wildman–Crippen MR) is 56.3 cm³/mol. The Balaban J connectivity index is 2.24. The maximum atomic E-state index is 13.3. The van der Waals surface area contributed by atoms with E-state index in [9.17, 15) is 9.18 Å². The maximum absolute atomic E-state index is 13.3. The van der Waals surface area contributed by atoms with E-state index in [0.29, 0.717) is 6.42 Å². The number of esters is 1. The van der Waals surface area contributed by atoms with Gasteiger partial charge in [0.15, 0.2) is 0 Å². The van der Waals surface area contributed by atoms with E-state index in [2.05, 4.69) is 4.74 Å². The Morgan fingerprint density at radius 2 is 2.07 bits per heavy atom. The molecule has 0 spiro atoms. The van der Waals surface area contributed by atoms with E-state index in [1.54, 1.807) is 0 Å². The summed E-state index contributed by atoms with van der Waals surface area (Å²) >= 11 is 0. The summed E-state index contributed by atoms with van der Waals surface area (Å²) in [5.41, 5.74) is 0.966. The minimum atomic E-state index is -0.952. The highest BCUT2D eigenvalue weighted by atomic mass is 19.1. The summed E-state index contributed by atoms with van der Waals surface area (Å²) in [6.45, 7) is 1.48. The number of rotatable bonds is 5. The molecule has 0 saturated heterocycles. The largest absolute Gasteiger partial charge is 0.466 e. The molecular formula is C12H15FO2. The lowest BCUT2D eigenvalue weighted by molar-refractivity contribution is -0.141. The van der Waals surface area contributed by atoms with E-state index in [1.165, 1.54) is 6.92 Å². The molecule has 0 N–H and O–H groups in total. The molecule has 0 aromatic heterocycles. The number of halogens is 1. The number of alkyl halides is 1. The van der Waals surface area contributed by atoms with Gasteiger partial charge in [0.05, 0.1) is 6.61 Å². The molecule has 82 valence electrons. The molecule has 1 aromatic rings. The lowest BCUT2D eigenvalue weighted by atomic mass is 10.1. The van der Waals surface area contributed by atoms with Gasteiger partial charge in [0.1, 0.15) is 6.17 Å². The van der Waals surface area contributed by atoms with Crippen LogP contribution in [-0.2, 0) is 16.0 Å². The van der Waals surface area contributed by atoms with Gasteiger partial charge in [0, 0.05) is 19.8 Å². The summed E-state index contributed by atoms with van der Waals surface area (Å²) in [7, 11) is 0. The summed E-state index contributed by atoms with van der Waals surface area (Å²) < 4.78 is 18.0. The highest BCUT2D eigenvalue weighted by molar-refractivity contribution is 5.65. The summed E-state index contributed by atoms with van der Waals surface area (Å²) in [6.07, 6.45) is -0.317. The van der Waals surface area contributed by atoms with Crippen LogP contribution in [0.2, 0.25) is 0 Å². The van der Waals surface area contributed by atoms with Gasteiger partial charge in [-0.15, -0.1) is 0 Å². The van der Waals surface area contributed by atoms with Crippen LogP contribution in [0.15, 0.2) is 30.3 Å². The highest BCUT2D eigenvalue weighted by Gasteiger charge is 2.08. The van der Waals surface area contributed by atoms with Crippen LogP contribution < -0.4 is 0 Å². The van der Waals surface area contributed by atoms with Crippen LogP contribution in [0.1, 0.15) is 18.9 Å². The first kappa shape index (κ1) is 11.7. The number of benzene rings is 1. The standard InChI is InChI=1S/C12H15FO2/c1-10(14)15-8-7-12(13)9-11-5-3-2-4-6-11/h2-6,12H,7-9H2,1H3. The van der Waals surface area contributed by atoms with Crippen LogP contribution in [0, 0.1) is 0 Å². The summed E-state index contributed by atoms with van der Waals surface area (Å²) in [4.78, 5) is 10.4. The molecular weight excluding hydrogens is 195 g/mol. The second-order valence-electron chi connectivity index (χ2n) is 3.42. The topological polar surface area (TPSA) is 26.3 Å². The second-order valence-corrected chi connectivity index (χ2v) is 3.42. The molecule has 0 fully saturated rings. The van der Waals surface area contributed by atoms with Crippen LogP contribution in [0.3, 0.4) is 0 Å². The van der Waals surface area contributed by atoms with Crippen molar-refractivity contribution in [2.75, 3.05) is 6.61 Å². The lowest BCUT2D eigenvalue weighted by Gasteiger charge is -2.07. The third-order valence-electron chi connectivity index (χ3n) is 2.04. The first-order chi connectivity index (χ1) is 7.18. The molecule has 0 aliphatic rings. The Bertz CT molecular complexity index is 298. The Morgan fingerprint density at radius 3 is 2.67 bits per heavy atom. The molecule has 1 unspecified atom stereocenters. The second kappa shape index (κ2) is 6.17. The molecule has 1 aromatic carbocycles. The zero-order valence-electron chi connectivity index (χ0n) is 8.78. The lowest BCUT2D eigenvalue weighted by Crippen LogP contribution is -2.10. The van der Waals surface area contributed by atoms with Gasteiger partial charge >= 0.3 is 5.97 Å². The number of hydrogen-bond donors (Lipinski definition) is 0. The van der Waals surface area contributed by atoms with Crippen molar-refractivity contribution in [1.82, 2.24) is 0 Å². The van der Waals surface area contributed by atoms with Gasteiger partial charge in [-0.2, -0.15) is 0 Å². The fourth-order valence-electron chi connectivity index (χ4n) is 1.30. The fraction of sp³-hybridized carbons (Fsp3) is 0.417. The van der Waals surface area contributed by atoms with Crippen LogP contribution in [0.5, 0.6) is 0 Å². The van der Waals surface area contributed by atoms with Crippen molar-refractivity contribution in [2.45, 2.75) is 25.9 Å². The van der Waals surface area contributed by atoms with Gasteiger partial charge in [-0.3, -0.25) is 4.79 Å². The average molecular weight is 210 g/mol. The van der Waals surface area contributed by atoms with Crippen LogP contribution in [0.25, 0.3) is 0 Å². The summed E-state index contributed by atoms with van der Waals surface area (Å²) in [5, 5.41) is 0. The molecule has 0 bridgehead atoms. The van der Waals surface area contributed by atoms with Gasteiger partial charge in [-0.05, 0) is 5.56 Å². The first-order valence-corrected chi connectivity index (χ1v) is 5.00. The molecule has 0 amide bonds. The van der Waals surface area contributed by atoms with Gasteiger partial charge in [0.2, 0.25) is 0 Å². The van der Waals surface area contributed by atoms with Gasteiger partial charge in [-0.25, -0.2) is 4.39 Å². The Labute approximate surface area is 89.1 Å². The van der Waals surface area contributed by atoms with E-state index < -0.39 is 6.17 Å². The Hall–Kier alpha value is -1.38. The van der Waals surface area contributed by atoms with E-state index in [0.717, 1.165) is 5.56 Å². The molecule has 0 aliphatic carbocycles. The molecule has 0 radical (unpaired) electrons. The van der Waals surface area contributed by atoms with E-state index in [1.807, 2.05) is 30.3 Å². The Morgan fingerprint density at radius 1 is 1.40 bits per heavy atom. The van der Waals surface area contributed by atoms with Crippen molar-refractivity contribution in [3.8, 4) is 0 Å². The molecule has 0 aliphatic heterocycles. The fourth-order valence-corrected chi connectivity index (χ4v) is 1.30. The average Bonchev–Trinajstić information content (AvgIpc) is 2.18. The molecule has 0 saturated carbocycles. The van der Waals surface area contributed by atoms with Crippen molar-refractivity contribution in [2.24, 2.45) is 0 Å². The summed E-state index contributed by atoms with van der Waals surface area (Å²) in [5.74, 6) is -0.359. The van der Waals surface area contributed by atoms with Crippen molar-refractivity contribution in [3.63, 3.8) is 0 Å². The van der Waals surface area contributed by atoms with E-state index >= 15 is 0 Å². The van der Waals surface area contributed by atoms with Crippen molar-refractivity contribution in [1.29, 1.82) is 0 Å². The normalized spacial score (nSPS) is 12.1. The smallest absolute Gasteiger partial charge is 0.302 e. The number of carbonyl (C=O) groups excluding carboxylic acids is 1. The molecule has 0 heterocycles. The molecule has 1 atom stereocenters. The van der Waals surface area contributed by atoms with Crippen molar-refractivity contribution < 1.29 is 13.9 Å². The van der Waals surface area contributed by atoms with E-state index in [4.69, 9.17) is 0 Å². The molecule has 3 heteroatoms. The quantitative estimate of drug-likeness (QED) is 0.698. The Kier molecular flexibility index (Phi) is 4.81. The van der Waals surface area contributed by atoms with Crippen molar-refractivity contribution >= 4 is 5.97 Å². The SMILES string of the molecule is CC(=O)OCCC(F)Cc1ccccc1. The monoisotopic (exact) mass is 210 g/mol. The number of ether oxygens (including phenoxy) is 1. The third-order valence-corrected chi connectivity index (χ3v) is 2.04. The zero-order valence-corrected chi connectivity index (χ0v) is 8.78. The number of hydrogen-bond acceptors (Lipinski definition) is 2. The van der Waals surface area contributed by atoms with E-state index in [-0.39, 0.29) is 19.0 Å². The van der Waals surface area contributed by atoms with Gasteiger partial charge in [0.25, 0.3) is 0 Å². The molecule has 15 heavy (non-hydrogen) atoms. The minimum Gasteiger partial charge on any atom is -0.466 e. The maximum Gasteiger partial charge on any atom is 0.302 e. The first-order valence-electron chi connectivity index (χ1n) is 5.00. The number of carbonyl (C=O) groups is 1. The highest BCUT2D eigenvalue weighted by Crippen LogP contribution is 2.08. The minimum absolute atomic E-state index is 0.156. The summed E-state index contributed by atoms with van der Waals surface area (Å²) in [6, 6.07) is 9.44. The van der Waals surface area contributed by atoms with Crippen molar-refractivity contribution in [3.05, 3.63) is 35.9 Å². The van der Waals surface area contributed by atoms with Crippen LogP contribution in [0.4, 0.5) is 4.39 Å². The van der Waals surface area contributed by atoms with Crippen LogP contribution >= 0.6 is 0 Å². The molecule has 2 nitrogen and oxygen atoms in total. The van der Waals surface area contributed by atoms with Gasteiger partial charge < -0.3 is 4.74 Å². The van der Waals surface area contributed by atoms with Crippen LogP contribution in [-0.4, -0.2) is 18.7 Å². The zero-order chi connectivity index (χ0) is 11.1.